The van der Waals surface area contributed by atoms with Crippen molar-refractivity contribution in [2.75, 3.05) is 0 Å². The standard InChI is InChI=1S/C27H27N5O2/c1-6-27(3,4)32-22-15-14-18(16-23(22)31(5)26(32)33)19-12-9-13-24(29-19)34-25-17(2)28-20-10-7-8-11-21(20)30-25/h7-16H,6H2,1-5H3. The van der Waals surface area contributed by atoms with Gasteiger partial charge >= 0.3 is 5.69 Å². The summed E-state index contributed by atoms with van der Waals surface area (Å²) in [6.45, 7) is 8.13. The van der Waals surface area contributed by atoms with Gasteiger partial charge in [-0.2, -0.15) is 0 Å². The number of ether oxygens (including phenoxy) is 1. The van der Waals surface area contributed by atoms with Gasteiger partial charge in [0.15, 0.2) is 0 Å². The molecule has 0 aliphatic heterocycles. The summed E-state index contributed by atoms with van der Waals surface area (Å²) in [4.78, 5) is 26.9. The Morgan fingerprint density at radius 3 is 2.38 bits per heavy atom. The highest BCUT2D eigenvalue weighted by atomic mass is 16.5. The topological polar surface area (TPSA) is 74.8 Å². The van der Waals surface area contributed by atoms with Gasteiger partial charge < -0.3 is 4.74 Å². The second-order valence-electron chi connectivity index (χ2n) is 9.11. The van der Waals surface area contributed by atoms with E-state index in [1.807, 2.05) is 73.1 Å². The van der Waals surface area contributed by atoms with E-state index in [2.05, 4.69) is 30.7 Å². The quantitative estimate of drug-likeness (QED) is 0.347. The number of imidazole rings is 1. The Kier molecular flexibility index (Phi) is 5.20. The lowest BCUT2D eigenvalue weighted by molar-refractivity contribution is 0.339. The summed E-state index contributed by atoms with van der Waals surface area (Å²) in [6.07, 6.45) is 0.853. The van der Waals surface area contributed by atoms with Gasteiger partial charge in [0.1, 0.15) is 5.69 Å². The third-order valence-corrected chi connectivity index (χ3v) is 6.45. The van der Waals surface area contributed by atoms with Crippen molar-refractivity contribution in [2.24, 2.45) is 7.05 Å². The molecule has 0 atom stereocenters. The second kappa shape index (κ2) is 8.09. The minimum Gasteiger partial charge on any atom is -0.419 e. The van der Waals surface area contributed by atoms with Crippen molar-refractivity contribution >= 4 is 22.1 Å². The number of pyridine rings is 1. The Hall–Kier alpha value is -4.00. The molecule has 0 unspecified atom stereocenters. The second-order valence-corrected chi connectivity index (χ2v) is 9.11. The predicted octanol–water partition coefficient (Wildman–Crippen LogP) is 5.59. The first kappa shape index (κ1) is 21.8. The van der Waals surface area contributed by atoms with E-state index >= 15 is 0 Å². The van der Waals surface area contributed by atoms with E-state index in [1.165, 1.54) is 0 Å². The number of hydrogen-bond donors (Lipinski definition) is 0. The van der Waals surface area contributed by atoms with Crippen LogP contribution in [0.4, 0.5) is 0 Å². The fourth-order valence-electron chi connectivity index (χ4n) is 4.14. The molecule has 5 rings (SSSR count). The molecule has 0 spiro atoms. The molecule has 0 saturated heterocycles. The minimum atomic E-state index is -0.275. The molecule has 7 heteroatoms. The first-order valence-electron chi connectivity index (χ1n) is 11.4. The Morgan fingerprint density at radius 1 is 0.912 bits per heavy atom. The van der Waals surface area contributed by atoms with Crippen LogP contribution in [-0.4, -0.2) is 24.1 Å². The molecular formula is C27H27N5O2. The summed E-state index contributed by atoms with van der Waals surface area (Å²) < 4.78 is 9.60. The van der Waals surface area contributed by atoms with Crippen molar-refractivity contribution in [3.63, 3.8) is 0 Å². The summed E-state index contributed by atoms with van der Waals surface area (Å²) in [5.74, 6) is 0.865. The summed E-state index contributed by atoms with van der Waals surface area (Å²) in [6, 6.07) is 19.3. The molecule has 0 saturated carbocycles. The van der Waals surface area contributed by atoms with Crippen molar-refractivity contribution in [2.45, 2.75) is 39.7 Å². The predicted molar refractivity (Wildman–Crippen MR) is 134 cm³/mol. The van der Waals surface area contributed by atoms with E-state index in [9.17, 15) is 4.79 Å². The van der Waals surface area contributed by atoms with Crippen LogP contribution in [0.25, 0.3) is 33.3 Å². The zero-order chi connectivity index (χ0) is 24.0. The largest absolute Gasteiger partial charge is 0.419 e. The van der Waals surface area contributed by atoms with Gasteiger partial charge in [-0.25, -0.2) is 19.7 Å². The molecule has 0 fully saturated rings. The van der Waals surface area contributed by atoms with Gasteiger partial charge in [0, 0.05) is 24.2 Å². The molecule has 3 heterocycles. The highest BCUT2D eigenvalue weighted by molar-refractivity contribution is 5.82. The van der Waals surface area contributed by atoms with Crippen LogP contribution in [0.2, 0.25) is 0 Å². The van der Waals surface area contributed by atoms with E-state index in [-0.39, 0.29) is 11.2 Å². The van der Waals surface area contributed by atoms with Crippen molar-refractivity contribution < 1.29 is 4.74 Å². The average molecular weight is 454 g/mol. The van der Waals surface area contributed by atoms with Crippen molar-refractivity contribution in [3.05, 3.63) is 76.8 Å². The van der Waals surface area contributed by atoms with E-state index < -0.39 is 0 Å². The van der Waals surface area contributed by atoms with Crippen LogP contribution in [0, 0.1) is 6.92 Å². The van der Waals surface area contributed by atoms with E-state index in [4.69, 9.17) is 9.72 Å². The Labute approximate surface area is 197 Å². The number of benzene rings is 2. The fraction of sp³-hybridized carbons (Fsp3) is 0.259. The van der Waals surface area contributed by atoms with Crippen LogP contribution in [0.1, 0.15) is 32.9 Å². The highest BCUT2D eigenvalue weighted by Gasteiger charge is 2.24. The molecule has 2 aromatic carbocycles. The van der Waals surface area contributed by atoms with E-state index in [1.54, 1.807) is 10.6 Å². The molecule has 0 aliphatic rings. The van der Waals surface area contributed by atoms with Crippen LogP contribution in [0.3, 0.4) is 0 Å². The average Bonchev–Trinajstić information content (AvgIpc) is 3.09. The first-order valence-corrected chi connectivity index (χ1v) is 11.4. The van der Waals surface area contributed by atoms with Gasteiger partial charge in [-0.05, 0) is 57.5 Å². The molecule has 0 aliphatic carbocycles. The van der Waals surface area contributed by atoms with Crippen LogP contribution in [-0.2, 0) is 12.6 Å². The summed E-state index contributed by atoms with van der Waals surface area (Å²) >= 11 is 0. The van der Waals surface area contributed by atoms with Crippen LogP contribution >= 0.6 is 0 Å². The smallest absolute Gasteiger partial charge is 0.329 e. The van der Waals surface area contributed by atoms with Gasteiger partial charge in [0.2, 0.25) is 11.8 Å². The van der Waals surface area contributed by atoms with Crippen LogP contribution in [0.5, 0.6) is 11.8 Å². The Balaban J connectivity index is 1.54. The maximum Gasteiger partial charge on any atom is 0.329 e. The molecule has 7 nitrogen and oxygen atoms in total. The monoisotopic (exact) mass is 453 g/mol. The van der Waals surface area contributed by atoms with Gasteiger partial charge in [0.05, 0.1) is 27.8 Å². The van der Waals surface area contributed by atoms with Crippen molar-refractivity contribution in [1.82, 2.24) is 24.1 Å². The normalized spacial score (nSPS) is 11.9. The SMILES string of the molecule is CCC(C)(C)n1c(=O)n(C)c2cc(-c3cccc(Oc4nc5ccccc5nc4C)n3)ccc21. The summed E-state index contributed by atoms with van der Waals surface area (Å²) in [5, 5.41) is 0. The lowest BCUT2D eigenvalue weighted by Gasteiger charge is -2.24. The number of nitrogens with zero attached hydrogens (tertiary/aromatic N) is 5. The van der Waals surface area contributed by atoms with Crippen molar-refractivity contribution in [1.29, 1.82) is 0 Å². The number of hydrogen-bond acceptors (Lipinski definition) is 5. The lowest BCUT2D eigenvalue weighted by Crippen LogP contribution is -2.35. The zero-order valence-corrected chi connectivity index (χ0v) is 20.0. The third kappa shape index (κ3) is 3.63. The lowest BCUT2D eigenvalue weighted by atomic mass is 10.0. The maximum atomic E-state index is 13.0. The zero-order valence-electron chi connectivity index (χ0n) is 20.0. The van der Waals surface area contributed by atoms with Gasteiger partial charge in [-0.15, -0.1) is 0 Å². The molecular weight excluding hydrogens is 426 g/mol. The first-order chi connectivity index (χ1) is 16.3. The molecule has 3 aromatic heterocycles. The van der Waals surface area contributed by atoms with Gasteiger partial charge in [0.25, 0.3) is 0 Å². The number of aryl methyl sites for hydroxylation is 2. The van der Waals surface area contributed by atoms with Gasteiger partial charge in [-0.1, -0.05) is 31.2 Å². The molecule has 5 aromatic rings. The molecule has 0 amide bonds. The van der Waals surface area contributed by atoms with Gasteiger partial charge in [-0.3, -0.25) is 9.13 Å². The molecule has 0 radical (unpaired) electrons. The molecule has 172 valence electrons. The molecule has 0 N–H and O–H groups in total. The van der Waals surface area contributed by atoms with Crippen LogP contribution in [0.15, 0.2) is 65.5 Å². The maximum absolute atomic E-state index is 13.0. The Bertz CT molecular complexity index is 1600. The number of rotatable bonds is 5. The highest BCUT2D eigenvalue weighted by Crippen LogP contribution is 2.29. The third-order valence-electron chi connectivity index (χ3n) is 6.45. The summed E-state index contributed by atoms with van der Waals surface area (Å²) in [7, 11) is 1.81. The van der Waals surface area contributed by atoms with Crippen LogP contribution < -0.4 is 10.4 Å². The minimum absolute atomic E-state index is 0.0191. The number of aromatic nitrogens is 5. The molecule has 34 heavy (non-hydrogen) atoms. The van der Waals surface area contributed by atoms with Crippen molar-refractivity contribution in [3.8, 4) is 23.0 Å². The Morgan fingerprint density at radius 2 is 1.65 bits per heavy atom. The fourth-order valence-corrected chi connectivity index (χ4v) is 4.14. The number of fused-ring (bicyclic) bond motifs is 2. The van der Waals surface area contributed by atoms with E-state index in [0.717, 1.165) is 39.7 Å². The number of para-hydroxylation sites is 2. The summed E-state index contributed by atoms with van der Waals surface area (Å²) in [5.41, 5.74) is 5.43. The molecule has 0 bridgehead atoms. The van der Waals surface area contributed by atoms with E-state index in [0.29, 0.717) is 17.5 Å².